The van der Waals surface area contributed by atoms with Gasteiger partial charge in [-0.25, -0.2) is 0 Å². The van der Waals surface area contributed by atoms with Crippen LogP contribution in [0.5, 0.6) is 0 Å². The average molecular weight is 449 g/mol. The standard InChI is InChI=1S/C35H28/c1-25-8-7-13-30(20-25)34-22-33(29-16-14-28(15-17-29)26-9-3-2-4-10-26)23-35(24-34)32-19-18-27-11-5-6-12-31(27)21-32/h2-14,16,18-24H,15,17H2,1H3. The zero-order chi connectivity index (χ0) is 23.6. The minimum Gasteiger partial charge on any atom is -0.0622 e. The molecule has 5 aromatic carbocycles. The number of aryl methyl sites for hydroxylation is 1. The highest BCUT2D eigenvalue weighted by molar-refractivity contribution is 5.89. The summed E-state index contributed by atoms with van der Waals surface area (Å²) in [4.78, 5) is 0. The maximum Gasteiger partial charge on any atom is -0.0172 e. The fraction of sp³-hybridized carbons (Fsp3) is 0.0857. The predicted octanol–water partition coefficient (Wildman–Crippen LogP) is 9.74. The molecule has 0 heterocycles. The minimum atomic E-state index is 1.05. The van der Waals surface area contributed by atoms with Crippen LogP contribution in [0, 0.1) is 6.92 Å². The van der Waals surface area contributed by atoms with Crippen LogP contribution in [-0.2, 0) is 0 Å². The highest BCUT2D eigenvalue weighted by Gasteiger charge is 2.13. The Kier molecular flexibility index (Phi) is 5.64. The quantitative estimate of drug-likeness (QED) is 0.257. The average Bonchev–Trinajstić information content (AvgIpc) is 2.93. The summed E-state index contributed by atoms with van der Waals surface area (Å²) in [6.45, 7) is 2.16. The van der Waals surface area contributed by atoms with Gasteiger partial charge in [-0.15, -0.1) is 0 Å². The number of benzene rings is 5. The van der Waals surface area contributed by atoms with Gasteiger partial charge < -0.3 is 0 Å². The van der Waals surface area contributed by atoms with E-state index in [2.05, 4.69) is 134 Å². The van der Waals surface area contributed by atoms with Gasteiger partial charge in [-0.05, 0) is 99.3 Å². The van der Waals surface area contributed by atoms with Gasteiger partial charge in [-0.1, -0.05) is 109 Å². The fourth-order valence-corrected chi connectivity index (χ4v) is 5.11. The van der Waals surface area contributed by atoms with Crippen molar-refractivity contribution in [2.24, 2.45) is 0 Å². The van der Waals surface area contributed by atoms with Crippen LogP contribution in [0.1, 0.15) is 29.5 Å². The lowest BCUT2D eigenvalue weighted by atomic mass is 9.87. The Morgan fingerprint density at radius 3 is 1.71 bits per heavy atom. The van der Waals surface area contributed by atoms with E-state index in [0.717, 1.165) is 12.8 Å². The predicted molar refractivity (Wildman–Crippen MR) is 151 cm³/mol. The third-order valence-electron chi connectivity index (χ3n) is 7.03. The molecule has 0 atom stereocenters. The van der Waals surface area contributed by atoms with Crippen molar-refractivity contribution in [2.45, 2.75) is 19.8 Å². The van der Waals surface area contributed by atoms with Crippen molar-refractivity contribution in [2.75, 3.05) is 0 Å². The molecule has 0 saturated heterocycles. The molecule has 0 aromatic heterocycles. The molecule has 0 spiro atoms. The smallest absolute Gasteiger partial charge is 0.0172 e. The van der Waals surface area contributed by atoms with Gasteiger partial charge in [0.15, 0.2) is 0 Å². The lowest BCUT2D eigenvalue weighted by Crippen LogP contribution is -1.95. The summed E-state index contributed by atoms with van der Waals surface area (Å²) < 4.78 is 0. The Labute approximate surface area is 207 Å². The van der Waals surface area contributed by atoms with E-state index in [4.69, 9.17) is 0 Å². The van der Waals surface area contributed by atoms with Gasteiger partial charge in [0, 0.05) is 0 Å². The van der Waals surface area contributed by atoms with Gasteiger partial charge in [0.2, 0.25) is 0 Å². The van der Waals surface area contributed by atoms with Crippen molar-refractivity contribution in [3.8, 4) is 22.3 Å². The van der Waals surface area contributed by atoms with E-state index in [1.807, 2.05) is 0 Å². The summed E-state index contributed by atoms with van der Waals surface area (Å²) in [5.41, 5.74) is 11.8. The topological polar surface area (TPSA) is 0 Å². The molecule has 1 aliphatic carbocycles. The summed E-state index contributed by atoms with van der Waals surface area (Å²) in [6, 6.07) is 42.0. The molecule has 0 saturated carbocycles. The summed E-state index contributed by atoms with van der Waals surface area (Å²) in [6.07, 6.45) is 6.75. The van der Waals surface area contributed by atoms with E-state index in [9.17, 15) is 0 Å². The van der Waals surface area contributed by atoms with Crippen LogP contribution in [0.25, 0.3) is 44.2 Å². The fourth-order valence-electron chi connectivity index (χ4n) is 5.11. The Morgan fingerprint density at radius 1 is 0.400 bits per heavy atom. The molecule has 0 fully saturated rings. The monoisotopic (exact) mass is 448 g/mol. The van der Waals surface area contributed by atoms with Gasteiger partial charge >= 0.3 is 0 Å². The van der Waals surface area contributed by atoms with Crippen molar-refractivity contribution in [1.29, 1.82) is 0 Å². The Balaban J connectivity index is 1.47. The molecule has 0 nitrogen and oxygen atoms in total. The van der Waals surface area contributed by atoms with Gasteiger partial charge in [-0.2, -0.15) is 0 Å². The Hall–Kier alpha value is -4.16. The van der Waals surface area contributed by atoms with E-state index >= 15 is 0 Å². The summed E-state index contributed by atoms with van der Waals surface area (Å²) in [5.74, 6) is 0. The number of hydrogen-bond acceptors (Lipinski definition) is 0. The molecule has 168 valence electrons. The minimum absolute atomic E-state index is 1.05. The molecular formula is C35H28. The first-order chi connectivity index (χ1) is 17.2. The van der Waals surface area contributed by atoms with Crippen LogP contribution in [0.15, 0.2) is 127 Å². The summed E-state index contributed by atoms with van der Waals surface area (Å²) >= 11 is 0. The van der Waals surface area contributed by atoms with Gasteiger partial charge in [0.1, 0.15) is 0 Å². The van der Waals surface area contributed by atoms with Crippen molar-refractivity contribution in [3.63, 3.8) is 0 Å². The normalized spacial score (nSPS) is 13.4. The van der Waals surface area contributed by atoms with Crippen LogP contribution < -0.4 is 0 Å². The number of allylic oxidation sites excluding steroid dienone is 4. The second kappa shape index (κ2) is 9.24. The van der Waals surface area contributed by atoms with Gasteiger partial charge in [0.05, 0.1) is 0 Å². The molecule has 5 aromatic rings. The van der Waals surface area contributed by atoms with Crippen molar-refractivity contribution < 1.29 is 0 Å². The highest BCUT2D eigenvalue weighted by Crippen LogP contribution is 2.37. The second-order valence-electron chi connectivity index (χ2n) is 9.48. The van der Waals surface area contributed by atoms with Crippen LogP contribution in [-0.4, -0.2) is 0 Å². The van der Waals surface area contributed by atoms with Crippen LogP contribution >= 0.6 is 0 Å². The second-order valence-corrected chi connectivity index (χ2v) is 9.48. The lowest BCUT2D eigenvalue weighted by molar-refractivity contribution is 1.07. The Morgan fingerprint density at radius 2 is 1.00 bits per heavy atom. The zero-order valence-electron chi connectivity index (χ0n) is 20.0. The van der Waals surface area contributed by atoms with Crippen LogP contribution in [0.3, 0.4) is 0 Å². The maximum absolute atomic E-state index is 2.37. The van der Waals surface area contributed by atoms with Crippen molar-refractivity contribution in [1.82, 2.24) is 0 Å². The molecule has 0 unspecified atom stereocenters. The van der Waals surface area contributed by atoms with E-state index in [1.165, 1.54) is 60.9 Å². The largest absolute Gasteiger partial charge is 0.0622 e. The number of hydrogen-bond donors (Lipinski definition) is 0. The zero-order valence-corrected chi connectivity index (χ0v) is 20.0. The molecule has 0 amide bonds. The third-order valence-corrected chi connectivity index (χ3v) is 7.03. The number of rotatable bonds is 4. The summed E-state index contributed by atoms with van der Waals surface area (Å²) in [5, 5.41) is 2.56. The molecule has 35 heavy (non-hydrogen) atoms. The van der Waals surface area contributed by atoms with Crippen LogP contribution in [0.2, 0.25) is 0 Å². The number of fused-ring (bicyclic) bond motifs is 1. The molecule has 0 heteroatoms. The molecular weight excluding hydrogens is 420 g/mol. The first-order valence-electron chi connectivity index (χ1n) is 12.4. The molecule has 0 N–H and O–H groups in total. The first kappa shape index (κ1) is 21.4. The molecule has 0 aliphatic heterocycles. The van der Waals surface area contributed by atoms with Gasteiger partial charge in [-0.3, -0.25) is 0 Å². The van der Waals surface area contributed by atoms with Gasteiger partial charge in [0.25, 0.3) is 0 Å². The van der Waals surface area contributed by atoms with E-state index in [-0.39, 0.29) is 0 Å². The van der Waals surface area contributed by atoms with E-state index < -0.39 is 0 Å². The SMILES string of the molecule is Cc1cccc(-c2cc(C3=CC=C(c4ccccc4)CC3)cc(-c3ccc4ccccc4c3)c2)c1. The maximum atomic E-state index is 2.37. The van der Waals surface area contributed by atoms with Crippen molar-refractivity contribution in [3.05, 3.63) is 144 Å². The first-order valence-corrected chi connectivity index (χ1v) is 12.4. The van der Waals surface area contributed by atoms with E-state index in [0.29, 0.717) is 0 Å². The summed E-state index contributed by atoms with van der Waals surface area (Å²) in [7, 11) is 0. The molecule has 1 aliphatic rings. The highest BCUT2D eigenvalue weighted by atomic mass is 14.2. The van der Waals surface area contributed by atoms with E-state index in [1.54, 1.807) is 0 Å². The van der Waals surface area contributed by atoms with Crippen molar-refractivity contribution >= 4 is 21.9 Å². The molecule has 6 rings (SSSR count). The third kappa shape index (κ3) is 4.48. The molecule has 0 bridgehead atoms. The van der Waals surface area contributed by atoms with Crippen LogP contribution in [0.4, 0.5) is 0 Å². The lowest BCUT2D eigenvalue weighted by Gasteiger charge is -2.18. The Bertz CT molecular complexity index is 1580. The molecule has 0 radical (unpaired) electrons.